The normalized spacial score (nSPS) is 12.5. The Balaban J connectivity index is 3.69. The van der Waals surface area contributed by atoms with Gasteiger partial charge in [-0.1, -0.05) is 6.08 Å². The molecular formula is C6H10N2. The van der Waals surface area contributed by atoms with Gasteiger partial charge < -0.3 is 5.41 Å². The fourth-order valence-electron chi connectivity index (χ4n) is 0.229. The van der Waals surface area contributed by atoms with Crippen molar-refractivity contribution in [1.82, 2.24) is 0 Å². The van der Waals surface area contributed by atoms with Gasteiger partial charge in [-0.15, -0.1) is 0 Å². The fourth-order valence-corrected chi connectivity index (χ4v) is 0.229. The van der Waals surface area contributed by atoms with Crippen molar-refractivity contribution in [2.24, 2.45) is 4.99 Å². The summed E-state index contributed by atoms with van der Waals surface area (Å²) in [4.78, 5) is 3.85. The molecule has 0 aromatic heterocycles. The lowest BCUT2D eigenvalue weighted by atomic mass is 10.5. The third kappa shape index (κ3) is 3.28. The lowest BCUT2D eigenvalue weighted by Crippen LogP contribution is -1.72. The Labute approximate surface area is 49.5 Å². The van der Waals surface area contributed by atoms with Gasteiger partial charge in [-0.05, 0) is 13.8 Å². The highest BCUT2D eigenvalue weighted by atomic mass is 14.7. The summed E-state index contributed by atoms with van der Waals surface area (Å²) in [5, 5.41) is 6.57. The molecule has 0 heterocycles. The van der Waals surface area contributed by atoms with Crippen molar-refractivity contribution < 1.29 is 0 Å². The number of nitrogens with one attached hydrogen (secondary N) is 1. The molecule has 0 aliphatic rings. The minimum atomic E-state index is 0.938. The smallest absolute Gasteiger partial charge is 0.0446 e. The van der Waals surface area contributed by atoms with E-state index in [9.17, 15) is 0 Å². The molecule has 1 N–H and O–H groups in total. The number of hydrogen-bond donors (Lipinski definition) is 1. The lowest BCUT2D eigenvalue weighted by Gasteiger charge is -1.82. The highest BCUT2D eigenvalue weighted by Gasteiger charge is 1.71. The molecule has 0 saturated heterocycles. The Kier molecular flexibility index (Phi) is 3.76. The van der Waals surface area contributed by atoms with Crippen molar-refractivity contribution in [2.45, 2.75) is 13.8 Å². The van der Waals surface area contributed by atoms with Crippen LogP contribution in [0.4, 0.5) is 0 Å². The number of rotatable bonds is 2. The van der Waals surface area contributed by atoms with Crippen LogP contribution in [0.1, 0.15) is 13.8 Å². The van der Waals surface area contributed by atoms with Crippen molar-refractivity contribution in [3.8, 4) is 0 Å². The van der Waals surface area contributed by atoms with Crippen LogP contribution >= 0.6 is 0 Å². The van der Waals surface area contributed by atoms with Gasteiger partial charge in [0.25, 0.3) is 0 Å². The zero-order chi connectivity index (χ0) is 6.41. The molecule has 2 nitrogen and oxygen atoms in total. The van der Waals surface area contributed by atoms with E-state index >= 15 is 0 Å². The minimum Gasteiger partial charge on any atom is -0.307 e. The molecule has 8 heavy (non-hydrogen) atoms. The van der Waals surface area contributed by atoms with Crippen molar-refractivity contribution in [3.05, 3.63) is 11.8 Å². The number of allylic oxidation sites excluding steroid dienone is 2. The summed E-state index contributed by atoms with van der Waals surface area (Å²) in [6, 6.07) is 0. The quantitative estimate of drug-likeness (QED) is 0.524. The van der Waals surface area contributed by atoms with E-state index in [1.165, 1.54) is 6.21 Å². The molecule has 0 spiro atoms. The van der Waals surface area contributed by atoms with Crippen molar-refractivity contribution >= 4 is 12.4 Å². The van der Waals surface area contributed by atoms with Crippen molar-refractivity contribution in [2.75, 3.05) is 0 Å². The minimum absolute atomic E-state index is 0.938. The van der Waals surface area contributed by atoms with Crippen LogP contribution in [0, 0.1) is 5.41 Å². The Morgan fingerprint density at radius 2 is 2.25 bits per heavy atom. The molecule has 0 fully saturated rings. The van der Waals surface area contributed by atoms with Gasteiger partial charge in [0.15, 0.2) is 0 Å². The Bertz CT molecular complexity index is 122. The third-order valence-corrected chi connectivity index (χ3v) is 0.770. The van der Waals surface area contributed by atoms with Gasteiger partial charge in [0.05, 0.1) is 0 Å². The summed E-state index contributed by atoms with van der Waals surface area (Å²) in [6.07, 6.45) is 4.50. The first kappa shape index (κ1) is 7.08. The predicted molar refractivity (Wildman–Crippen MR) is 36.7 cm³/mol. The average molecular weight is 110 g/mol. The van der Waals surface area contributed by atoms with Gasteiger partial charge in [0.1, 0.15) is 0 Å². The molecule has 0 aliphatic heterocycles. The standard InChI is InChI=1S/C6H10N2/c1-3-6(2)8-5-4-7/h3-5,7H,1-2H3/b6-3-,7-4?,8-5-. The summed E-state index contributed by atoms with van der Waals surface area (Å²) in [6.45, 7) is 3.80. The molecule has 0 aromatic rings. The van der Waals surface area contributed by atoms with Gasteiger partial charge >= 0.3 is 0 Å². The van der Waals surface area contributed by atoms with Crippen LogP contribution in [0.5, 0.6) is 0 Å². The van der Waals surface area contributed by atoms with E-state index in [4.69, 9.17) is 5.41 Å². The summed E-state index contributed by atoms with van der Waals surface area (Å²) in [5.41, 5.74) is 0.938. The fraction of sp³-hybridized carbons (Fsp3) is 0.333. The summed E-state index contributed by atoms with van der Waals surface area (Å²) in [7, 11) is 0. The molecule has 44 valence electrons. The van der Waals surface area contributed by atoms with Gasteiger partial charge in [-0.2, -0.15) is 0 Å². The summed E-state index contributed by atoms with van der Waals surface area (Å²) < 4.78 is 0. The van der Waals surface area contributed by atoms with Crippen LogP contribution in [0.3, 0.4) is 0 Å². The first-order valence-corrected chi connectivity index (χ1v) is 2.47. The maximum Gasteiger partial charge on any atom is 0.0446 e. The molecule has 0 unspecified atom stereocenters. The first-order chi connectivity index (χ1) is 3.81. The lowest BCUT2D eigenvalue weighted by molar-refractivity contribution is 1.30. The molecule has 0 radical (unpaired) electrons. The van der Waals surface area contributed by atoms with Gasteiger partial charge in [-0.25, -0.2) is 0 Å². The van der Waals surface area contributed by atoms with E-state index in [2.05, 4.69) is 4.99 Å². The first-order valence-electron chi connectivity index (χ1n) is 2.47. The summed E-state index contributed by atoms with van der Waals surface area (Å²) >= 11 is 0. The highest BCUT2D eigenvalue weighted by molar-refractivity contribution is 6.14. The van der Waals surface area contributed by atoms with Crippen LogP contribution in [0.25, 0.3) is 0 Å². The van der Waals surface area contributed by atoms with Gasteiger partial charge in [0.2, 0.25) is 0 Å². The molecule has 0 saturated carbocycles. The summed E-state index contributed by atoms with van der Waals surface area (Å²) in [5.74, 6) is 0. The van der Waals surface area contributed by atoms with E-state index in [0.717, 1.165) is 11.9 Å². The van der Waals surface area contributed by atoms with E-state index in [-0.39, 0.29) is 0 Å². The molecule has 2 heteroatoms. The van der Waals surface area contributed by atoms with Crippen LogP contribution in [-0.2, 0) is 0 Å². The van der Waals surface area contributed by atoms with E-state index in [0.29, 0.717) is 0 Å². The predicted octanol–water partition coefficient (Wildman–Crippen LogP) is 1.63. The van der Waals surface area contributed by atoms with Gasteiger partial charge in [-0.3, -0.25) is 4.99 Å². The van der Waals surface area contributed by atoms with E-state index < -0.39 is 0 Å². The Morgan fingerprint density at radius 1 is 1.62 bits per heavy atom. The third-order valence-electron chi connectivity index (χ3n) is 0.770. The van der Waals surface area contributed by atoms with Crippen LogP contribution in [-0.4, -0.2) is 12.4 Å². The SMILES string of the molecule is C/C=C(C)\N=C/C=N. The second kappa shape index (κ2) is 4.24. The van der Waals surface area contributed by atoms with Crippen molar-refractivity contribution in [3.63, 3.8) is 0 Å². The van der Waals surface area contributed by atoms with Crippen LogP contribution in [0.2, 0.25) is 0 Å². The maximum atomic E-state index is 6.57. The van der Waals surface area contributed by atoms with Crippen molar-refractivity contribution in [1.29, 1.82) is 5.41 Å². The maximum absolute atomic E-state index is 6.57. The molecule has 0 aliphatic carbocycles. The number of aliphatic imine (C=N–C) groups is 1. The molecule has 0 amide bonds. The average Bonchev–Trinajstić information content (AvgIpc) is 1.83. The topological polar surface area (TPSA) is 36.2 Å². The zero-order valence-corrected chi connectivity index (χ0v) is 5.18. The Hall–Kier alpha value is -0.920. The second-order valence-electron chi connectivity index (χ2n) is 1.37. The van der Waals surface area contributed by atoms with E-state index in [1.54, 1.807) is 0 Å². The van der Waals surface area contributed by atoms with Gasteiger partial charge in [0, 0.05) is 18.1 Å². The monoisotopic (exact) mass is 110 g/mol. The Morgan fingerprint density at radius 3 is 2.62 bits per heavy atom. The number of hydrogen-bond acceptors (Lipinski definition) is 2. The molecule has 0 rings (SSSR count). The molecule has 0 aromatic carbocycles. The highest BCUT2D eigenvalue weighted by Crippen LogP contribution is 1.89. The van der Waals surface area contributed by atoms with Crippen LogP contribution in [0.15, 0.2) is 16.8 Å². The molecule has 0 atom stereocenters. The molecular weight excluding hydrogens is 100 g/mol. The molecule has 0 bridgehead atoms. The van der Waals surface area contributed by atoms with E-state index in [1.807, 2.05) is 19.9 Å². The largest absolute Gasteiger partial charge is 0.307 e. The van der Waals surface area contributed by atoms with Crippen LogP contribution < -0.4 is 0 Å². The number of nitrogens with zero attached hydrogens (tertiary/aromatic N) is 1. The zero-order valence-electron chi connectivity index (χ0n) is 5.18. The second-order valence-corrected chi connectivity index (χ2v) is 1.37.